The van der Waals surface area contributed by atoms with Crippen molar-refractivity contribution in [3.63, 3.8) is 0 Å². The fourth-order valence-electron chi connectivity index (χ4n) is 2.19. The topological polar surface area (TPSA) is 50.8 Å². The highest BCUT2D eigenvalue weighted by molar-refractivity contribution is 8.00. The second-order valence-electron chi connectivity index (χ2n) is 6.06. The van der Waals surface area contributed by atoms with Gasteiger partial charge in [-0.3, -0.25) is 4.79 Å². The minimum atomic E-state index is -0.0360. The molecule has 1 amide bonds. The van der Waals surface area contributed by atoms with Crippen LogP contribution in [0.1, 0.15) is 11.3 Å². The fraction of sp³-hybridized carbons (Fsp3) is 0.350. The van der Waals surface area contributed by atoms with Crippen molar-refractivity contribution in [2.75, 3.05) is 33.6 Å². The monoisotopic (exact) mass is 442 g/mol. The van der Waals surface area contributed by atoms with Crippen LogP contribution in [0.2, 0.25) is 0 Å². The molecular formula is C20H27ClN2O3S2. The Labute approximate surface area is 181 Å². The van der Waals surface area contributed by atoms with Gasteiger partial charge in [0.15, 0.2) is 0 Å². The lowest BCUT2D eigenvalue weighted by atomic mass is 10.3. The molecule has 0 bridgehead atoms. The predicted molar refractivity (Wildman–Crippen MR) is 120 cm³/mol. The smallest absolute Gasteiger partial charge is 0.234 e. The van der Waals surface area contributed by atoms with Crippen LogP contribution in [-0.4, -0.2) is 44.4 Å². The minimum absolute atomic E-state index is 0. The minimum Gasteiger partial charge on any atom is -0.497 e. The lowest BCUT2D eigenvalue weighted by Gasteiger charge is -2.06. The Morgan fingerprint density at radius 1 is 1.29 bits per heavy atom. The summed E-state index contributed by atoms with van der Waals surface area (Å²) in [6.07, 6.45) is 4.33. The molecule has 0 saturated heterocycles. The third-order valence-corrected chi connectivity index (χ3v) is 5.32. The first-order valence-electron chi connectivity index (χ1n) is 8.63. The van der Waals surface area contributed by atoms with E-state index >= 15 is 0 Å². The average molecular weight is 443 g/mol. The SMILES string of the molecule is COc1cccc(SCC(=O)N/C=C\CCOc2csc(CN(C)C)c2)c1.Cl. The Morgan fingerprint density at radius 2 is 2.11 bits per heavy atom. The van der Waals surface area contributed by atoms with Crippen molar-refractivity contribution in [3.8, 4) is 11.5 Å². The van der Waals surface area contributed by atoms with Gasteiger partial charge >= 0.3 is 0 Å². The zero-order chi connectivity index (χ0) is 19.5. The number of benzene rings is 1. The lowest BCUT2D eigenvalue weighted by molar-refractivity contribution is -0.117. The summed E-state index contributed by atoms with van der Waals surface area (Å²) < 4.78 is 10.9. The molecule has 1 aromatic carbocycles. The highest BCUT2D eigenvalue weighted by Gasteiger charge is 2.03. The van der Waals surface area contributed by atoms with E-state index in [0.29, 0.717) is 12.4 Å². The van der Waals surface area contributed by atoms with Gasteiger partial charge in [-0.25, -0.2) is 0 Å². The van der Waals surface area contributed by atoms with Crippen LogP contribution >= 0.6 is 35.5 Å². The summed E-state index contributed by atoms with van der Waals surface area (Å²) in [5.74, 6) is 2.02. The van der Waals surface area contributed by atoms with Crippen LogP contribution in [0.4, 0.5) is 0 Å². The number of nitrogens with zero attached hydrogens (tertiary/aromatic N) is 1. The molecule has 1 aromatic heterocycles. The third-order valence-electron chi connectivity index (χ3n) is 3.43. The van der Waals surface area contributed by atoms with E-state index < -0.39 is 0 Å². The van der Waals surface area contributed by atoms with Crippen LogP contribution in [0.25, 0.3) is 0 Å². The normalized spacial score (nSPS) is 10.7. The van der Waals surface area contributed by atoms with Crippen LogP contribution in [0.3, 0.4) is 0 Å². The zero-order valence-electron chi connectivity index (χ0n) is 16.3. The molecule has 28 heavy (non-hydrogen) atoms. The van der Waals surface area contributed by atoms with Crippen LogP contribution < -0.4 is 14.8 Å². The van der Waals surface area contributed by atoms with Crippen molar-refractivity contribution in [2.45, 2.75) is 17.9 Å². The number of thioether (sulfide) groups is 1. The first-order chi connectivity index (χ1) is 13.1. The van der Waals surface area contributed by atoms with E-state index in [4.69, 9.17) is 9.47 Å². The number of nitrogens with one attached hydrogen (secondary N) is 1. The first kappa shape index (κ1) is 24.4. The quantitative estimate of drug-likeness (QED) is 0.412. The Bertz CT molecular complexity index is 751. The molecule has 0 saturated carbocycles. The fourth-order valence-corrected chi connectivity index (χ4v) is 3.87. The molecule has 0 aliphatic heterocycles. The number of carbonyl (C=O) groups excluding carboxylic acids is 1. The summed E-state index contributed by atoms with van der Waals surface area (Å²) in [6.45, 7) is 1.51. The Morgan fingerprint density at radius 3 is 2.86 bits per heavy atom. The van der Waals surface area contributed by atoms with E-state index in [0.717, 1.165) is 29.4 Å². The molecule has 1 N–H and O–H groups in total. The highest BCUT2D eigenvalue weighted by atomic mass is 35.5. The van der Waals surface area contributed by atoms with Gasteiger partial charge in [-0.1, -0.05) is 12.1 Å². The molecule has 8 heteroatoms. The predicted octanol–water partition coefficient (Wildman–Crippen LogP) is 4.43. The Balaban J connectivity index is 0.00000392. The zero-order valence-corrected chi connectivity index (χ0v) is 18.8. The van der Waals surface area contributed by atoms with Gasteiger partial charge in [0, 0.05) is 28.1 Å². The van der Waals surface area contributed by atoms with E-state index in [9.17, 15) is 4.79 Å². The van der Waals surface area contributed by atoms with Gasteiger partial charge in [-0.2, -0.15) is 0 Å². The van der Waals surface area contributed by atoms with Crippen LogP contribution in [0.15, 0.2) is 52.9 Å². The molecule has 2 rings (SSSR count). The molecule has 0 unspecified atom stereocenters. The van der Waals surface area contributed by atoms with Crippen LogP contribution in [0.5, 0.6) is 11.5 Å². The summed E-state index contributed by atoms with van der Waals surface area (Å²) in [7, 11) is 5.73. The van der Waals surface area contributed by atoms with E-state index in [2.05, 4.69) is 30.4 Å². The second kappa shape index (κ2) is 13.5. The highest BCUT2D eigenvalue weighted by Crippen LogP contribution is 2.23. The van der Waals surface area contributed by atoms with Gasteiger partial charge in [0.05, 0.1) is 19.5 Å². The number of rotatable bonds is 11. The number of thiophene rings is 1. The summed E-state index contributed by atoms with van der Waals surface area (Å²) in [5, 5.41) is 4.80. The maximum atomic E-state index is 11.9. The molecule has 5 nitrogen and oxygen atoms in total. The molecule has 0 aliphatic carbocycles. The average Bonchev–Trinajstić information content (AvgIpc) is 3.09. The van der Waals surface area contributed by atoms with Crippen molar-refractivity contribution >= 4 is 41.4 Å². The first-order valence-corrected chi connectivity index (χ1v) is 10.5. The van der Waals surface area contributed by atoms with Gasteiger partial charge in [0.1, 0.15) is 11.5 Å². The van der Waals surface area contributed by atoms with Crippen molar-refractivity contribution in [2.24, 2.45) is 0 Å². The largest absolute Gasteiger partial charge is 0.497 e. The van der Waals surface area contributed by atoms with Crippen molar-refractivity contribution in [1.29, 1.82) is 0 Å². The number of carbonyl (C=O) groups is 1. The third kappa shape index (κ3) is 9.50. The maximum absolute atomic E-state index is 11.9. The Kier molecular flexibility index (Phi) is 11.7. The van der Waals surface area contributed by atoms with E-state index in [1.807, 2.05) is 35.7 Å². The van der Waals surface area contributed by atoms with Crippen molar-refractivity contribution in [1.82, 2.24) is 10.2 Å². The van der Waals surface area contributed by atoms with Gasteiger partial charge < -0.3 is 19.7 Å². The maximum Gasteiger partial charge on any atom is 0.234 e. The van der Waals surface area contributed by atoms with Crippen molar-refractivity contribution < 1.29 is 14.3 Å². The molecule has 2 aromatic rings. The van der Waals surface area contributed by atoms with Crippen LogP contribution in [-0.2, 0) is 11.3 Å². The lowest BCUT2D eigenvalue weighted by Crippen LogP contribution is -2.19. The number of hydrogen-bond acceptors (Lipinski definition) is 6. The number of halogens is 1. The molecule has 154 valence electrons. The number of ether oxygens (including phenoxy) is 2. The summed E-state index contributed by atoms with van der Waals surface area (Å²) in [6, 6.07) is 9.75. The van der Waals surface area contributed by atoms with Gasteiger partial charge in [-0.15, -0.1) is 35.5 Å². The van der Waals surface area contributed by atoms with E-state index in [1.165, 1.54) is 16.6 Å². The number of methoxy groups -OCH3 is 1. The standard InChI is InChI=1S/C20H26N2O3S2.ClH/c1-22(2)13-19-12-17(14-26-19)25-10-5-4-9-21-20(23)15-27-18-8-6-7-16(11-18)24-3;/h4,6-9,11-12,14H,5,10,13,15H2,1-3H3,(H,21,23);1H/b9-4-;. The molecule has 0 atom stereocenters. The summed E-state index contributed by atoms with van der Waals surface area (Å²) >= 11 is 3.18. The summed E-state index contributed by atoms with van der Waals surface area (Å²) in [4.78, 5) is 16.3. The molecule has 1 heterocycles. The van der Waals surface area contributed by atoms with E-state index in [-0.39, 0.29) is 18.3 Å². The molecular weight excluding hydrogens is 416 g/mol. The van der Waals surface area contributed by atoms with Gasteiger partial charge in [0.25, 0.3) is 0 Å². The Hall–Kier alpha value is -1.67. The molecule has 0 fully saturated rings. The number of amides is 1. The molecule has 0 aliphatic rings. The van der Waals surface area contributed by atoms with Gasteiger partial charge in [0.2, 0.25) is 5.91 Å². The van der Waals surface area contributed by atoms with Crippen LogP contribution in [0, 0.1) is 0 Å². The number of hydrogen-bond donors (Lipinski definition) is 1. The second-order valence-corrected chi connectivity index (χ2v) is 8.11. The summed E-state index contributed by atoms with van der Waals surface area (Å²) in [5.41, 5.74) is 0. The van der Waals surface area contributed by atoms with Crippen molar-refractivity contribution in [3.05, 3.63) is 52.9 Å². The molecule has 0 radical (unpaired) electrons. The van der Waals surface area contributed by atoms with Gasteiger partial charge in [-0.05, 0) is 44.6 Å². The molecule has 0 spiro atoms. The van der Waals surface area contributed by atoms with E-state index in [1.54, 1.807) is 24.6 Å².